The van der Waals surface area contributed by atoms with E-state index in [1.807, 2.05) is 13.8 Å². The van der Waals surface area contributed by atoms with E-state index >= 15 is 0 Å². The molecule has 9 heteroatoms. The maximum absolute atomic E-state index is 13.2. The lowest BCUT2D eigenvalue weighted by atomic mass is 10.1. The van der Waals surface area contributed by atoms with Gasteiger partial charge in [0, 0.05) is 41.2 Å². The van der Waals surface area contributed by atoms with Crippen molar-refractivity contribution in [2.45, 2.75) is 52.2 Å². The van der Waals surface area contributed by atoms with Crippen LogP contribution in [0.5, 0.6) is 0 Å². The molecule has 3 rings (SSSR count). The number of carbonyl (C=O) groups excluding carboxylic acids is 4. The Balaban J connectivity index is 1.72. The van der Waals surface area contributed by atoms with E-state index in [2.05, 4.69) is 5.32 Å². The highest BCUT2D eigenvalue weighted by Gasteiger charge is 2.35. The molecule has 0 aromatic heterocycles. The van der Waals surface area contributed by atoms with Gasteiger partial charge in [-0.15, -0.1) is 0 Å². The minimum absolute atomic E-state index is 0.0365. The number of hydrogen-bond acceptors (Lipinski definition) is 4. The summed E-state index contributed by atoms with van der Waals surface area (Å²) in [5.74, 6) is -1.33. The number of hydrogen-bond donors (Lipinski definition) is 1. The fourth-order valence-electron chi connectivity index (χ4n) is 3.82. The molecule has 7 nitrogen and oxygen atoms in total. The highest BCUT2D eigenvalue weighted by molar-refractivity contribution is 6.36. The molecule has 1 aliphatic rings. The smallest absolute Gasteiger partial charge is 0.261 e. The molecule has 1 N–H and O–H groups in total. The number of carbonyl (C=O) groups is 4. The number of fused-ring (bicyclic) bond motifs is 1. The number of nitrogens with one attached hydrogen (secondary N) is 1. The van der Waals surface area contributed by atoms with E-state index in [0.717, 1.165) is 4.90 Å². The van der Waals surface area contributed by atoms with Crippen LogP contribution in [0.2, 0.25) is 10.0 Å². The van der Waals surface area contributed by atoms with Crippen LogP contribution in [0.4, 0.5) is 0 Å². The molecule has 180 valence electrons. The Bertz CT molecular complexity index is 1060. The van der Waals surface area contributed by atoms with Crippen LogP contribution in [0.3, 0.4) is 0 Å². The van der Waals surface area contributed by atoms with Gasteiger partial charge in [0.15, 0.2) is 0 Å². The molecule has 4 amide bonds. The molecule has 1 aliphatic heterocycles. The van der Waals surface area contributed by atoms with Crippen LogP contribution in [-0.2, 0) is 16.1 Å². The third kappa shape index (κ3) is 5.59. The molecular formula is C25H27Cl2N3O4. The van der Waals surface area contributed by atoms with Crippen molar-refractivity contribution < 1.29 is 19.2 Å². The fourth-order valence-corrected chi connectivity index (χ4v) is 4.33. The lowest BCUT2D eigenvalue weighted by molar-refractivity contribution is -0.140. The van der Waals surface area contributed by atoms with Crippen LogP contribution in [-0.4, -0.2) is 52.1 Å². The van der Waals surface area contributed by atoms with E-state index in [0.29, 0.717) is 26.7 Å². The van der Waals surface area contributed by atoms with Gasteiger partial charge in [-0.2, -0.15) is 0 Å². The number of nitrogens with zero attached hydrogens (tertiary/aromatic N) is 2. The highest BCUT2D eigenvalue weighted by atomic mass is 35.5. The molecular weight excluding hydrogens is 477 g/mol. The van der Waals surface area contributed by atoms with Crippen molar-refractivity contribution >= 4 is 46.8 Å². The predicted octanol–water partition coefficient (Wildman–Crippen LogP) is 4.31. The van der Waals surface area contributed by atoms with Gasteiger partial charge >= 0.3 is 0 Å². The number of benzene rings is 2. The Labute approximate surface area is 209 Å². The lowest BCUT2D eigenvalue weighted by Crippen LogP contribution is -2.49. The molecule has 34 heavy (non-hydrogen) atoms. The van der Waals surface area contributed by atoms with E-state index in [1.165, 1.54) is 4.90 Å². The molecule has 0 bridgehead atoms. The Hall–Kier alpha value is -2.90. The van der Waals surface area contributed by atoms with E-state index in [9.17, 15) is 19.2 Å². The second-order valence-corrected chi connectivity index (χ2v) is 9.29. The minimum Gasteiger partial charge on any atom is -0.352 e. The Kier molecular flexibility index (Phi) is 8.33. The molecule has 0 fully saturated rings. The monoisotopic (exact) mass is 503 g/mol. The molecule has 0 aliphatic carbocycles. The zero-order chi connectivity index (χ0) is 25.0. The summed E-state index contributed by atoms with van der Waals surface area (Å²) in [5, 5.41) is 3.61. The van der Waals surface area contributed by atoms with Crippen LogP contribution in [0.15, 0.2) is 42.5 Å². The van der Waals surface area contributed by atoms with Crippen molar-refractivity contribution in [1.29, 1.82) is 0 Å². The SMILES string of the molecule is CC(C)NC(=O)C(C)N(Cc1c(Cl)cccc1Cl)C(=O)CCCN1C(=O)c2ccccc2C1=O. The largest absolute Gasteiger partial charge is 0.352 e. The van der Waals surface area contributed by atoms with E-state index < -0.39 is 6.04 Å². The van der Waals surface area contributed by atoms with Gasteiger partial charge in [0.05, 0.1) is 11.1 Å². The Morgan fingerprint density at radius 1 is 0.941 bits per heavy atom. The maximum Gasteiger partial charge on any atom is 0.261 e. The van der Waals surface area contributed by atoms with Crippen LogP contribution in [0.25, 0.3) is 0 Å². The average molecular weight is 504 g/mol. The summed E-state index contributed by atoms with van der Waals surface area (Å²) in [4.78, 5) is 53.6. The van der Waals surface area contributed by atoms with Gasteiger partial charge in [-0.05, 0) is 51.5 Å². The highest BCUT2D eigenvalue weighted by Crippen LogP contribution is 2.27. The number of halogens is 2. The second kappa shape index (κ2) is 11.0. The summed E-state index contributed by atoms with van der Waals surface area (Å²) >= 11 is 12.6. The van der Waals surface area contributed by atoms with Crippen molar-refractivity contribution in [2.75, 3.05) is 6.54 Å². The summed E-state index contributed by atoms with van der Waals surface area (Å²) in [6.45, 7) is 5.47. The molecule has 0 radical (unpaired) electrons. The molecule has 2 aromatic rings. The molecule has 1 unspecified atom stereocenters. The first-order chi connectivity index (χ1) is 16.1. The van der Waals surface area contributed by atoms with E-state index in [4.69, 9.17) is 23.2 Å². The van der Waals surface area contributed by atoms with Crippen LogP contribution >= 0.6 is 23.2 Å². The lowest BCUT2D eigenvalue weighted by Gasteiger charge is -2.30. The number of imide groups is 1. The topological polar surface area (TPSA) is 86.8 Å². The number of rotatable bonds is 9. The molecule has 0 saturated carbocycles. The molecule has 1 heterocycles. The van der Waals surface area contributed by atoms with Crippen LogP contribution in [0, 0.1) is 0 Å². The summed E-state index contributed by atoms with van der Waals surface area (Å²) in [6.07, 6.45) is 0.296. The van der Waals surface area contributed by atoms with Gasteiger partial charge in [0.1, 0.15) is 6.04 Å². The average Bonchev–Trinajstić information content (AvgIpc) is 3.03. The van der Waals surface area contributed by atoms with Crippen LogP contribution in [0.1, 0.15) is 59.9 Å². The van der Waals surface area contributed by atoms with E-state index in [1.54, 1.807) is 49.4 Å². The first-order valence-corrected chi connectivity index (χ1v) is 11.8. The van der Waals surface area contributed by atoms with Gasteiger partial charge < -0.3 is 10.2 Å². The molecule has 1 atom stereocenters. The van der Waals surface area contributed by atoms with Gasteiger partial charge in [-0.1, -0.05) is 41.4 Å². The summed E-state index contributed by atoms with van der Waals surface area (Å²) in [7, 11) is 0. The number of amides is 4. The third-order valence-corrected chi connectivity index (χ3v) is 6.35. The van der Waals surface area contributed by atoms with Crippen molar-refractivity contribution in [3.8, 4) is 0 Å². The second-order valence-electron chi connectivity index (χ2n) is 8.47. The Morgan fingerprint density at radius 3 is 2.03 bits per heavy atom. The first-order valence-electron chi connectivity index (χ1n) is 11.1. The summed E-state index contributed by atoms with van der Waals surface area (Å²) < 4.78 is 0. The molecule has 0 spiro atoms. The van der Waals surface area contributed by atoms with Gasteiger partial charge in [-0.3, -0.25) is 24.1 Å². The predicted molar refractivity (Wildman–Crippen MR) is 131 cm³/mol. The molecule has 2 aromatic carbocycles. The maximum atomic E-state index is 13.2. The quantitative estimate of drug-likeness (QED) is 0.516. The van der Waals surface area contributed by atoms with Crippen molar-refractivity contribution in [2.24, 2.45) is 0 Å². The van der Waals surface area contributed by atoms with Crippen molar-refractivity contribution in [3.63, 3.8) is 0 Å². The normalized spacial score (nSPS) is 13.8. The zero-order valence-corrected chi connectivity index (χ0v) is 20.8. The standard InChI is InChI=1S/C25H27Cl2N3O4/c1-15(2)28-23(32)16(3)30(14-19-20(26)10-6-11-21(19)27)22(31)12-7-13-29-24(33)17-8-4-5-9-18(17)25(29)34/h4-6,8-11,15-16H,7,12-14H2,1-3H3,(H,28,32). The van der Waals surface area contributed by atoms with Gasteiger partial charge in [0.2, 0.25) is 11.8 Å². The Morgan fingerprint density at radius 2 is 1.50 bits per heavy atom. The third-order valence-electron chi connectivity index (χ3n) is 5.64. The molecule has 0 saturated heterocycles. The van der Waals surface area contributed by atoms with Gasteiger partial charge in [-0.25, -0.2) is 0 Å². The van der Waals surface area contributed by atoms with Gasteiger partial charge in [0.25, 0.3) is 11.8 Å². The van der Waals surface area contributed by atoms with Crippen molar-refractivity contribution in [3.05, 3.63) is 69.2 Å². The zero-order valence-electron chi connectivity index (χ0n) is 19.3. The first kappa shape index (κ1) is 25.7. The fraction of sp³-hybridized carbons (Fsp3) is 0.360. The van der Waals surface area contributed by atoms with Crippen molar-refractivity contribution in [1.82, 2.24) is 15.1 Å². The summed E-state index contributed by atoms with van der Waals surface area (Å²) in [6, 6.07) is 10.8. The van der Waals surface area contributed by atoms with Crippen LogP contribution < -0.4 is 5.32 Å². The summed E-state index contributed by atoms with van der Waals surface area (Å²) in [5.41, 5.74) is 1.28. The minimum atomic E-state index is -0.776. The van der Waals surface area contributed by atoms with E-state index in [-0.39, 0.29) is 55.6 Å².